The molecule has 0 aliphatic rings. The van der Waals surface area contributed by atoms with Gasteiger partial charge in [-0.3, -0.25) is 4.79 Å². The van der Waals surface area contributed by atoms with Gasteiger partial charge in [-0.2, -0.15) is 0 Å². The molecule has 0 saturated heterocycles. The summed E-state index contributed by atoms with van der Waals surface area (Å²) in [4.78, 5) is 21.3. The van der Waals surface area contributed by atoms with Crippen molar-refractivity contribution in [1.29, 1.82) is 0 Å². The summed E-state index contributed by atoms with van der Waals surface area (Å²) in [6, 6.07) is 0. The van der Waals surface area contributed by atoms with Gasteiger partial charge in [0, 0.05) is 5.57 Å². The van der Waals surface area contributed by atoms with E-state index < -0.39 is 17.9 Å². The van der Waals surface area contributed by atoms with E-state index in [9.17, 15) is 9.59 Å². The van der Waals surface area contributed by atoms with Crippen molar-refractivity contribution in [2.24, 2.45) is 5.92 Å². The summed E-state index contributed by atoms with van der Waals surface area (Å²) in [7, 11) is 0. The Morgan fingerprint density at radius 3 is 2.42 bits per heavy atom. The number of carboxylic acids is 1. The topological polar surface area (TPSA) is 63.6 Å². The molecule has 0 aliphatic heterocycles. The molecule has 1 unspecified atom stereocenters. The lowest BCUT2D eigenvalue weighted by molar-refractivity contribution is -0.148. The van der Waals surface area contributed by atoms with Crippen LogP contribution >= 0.6 is 0 Å². The molecule has 0 heterocycles. The highest BCUT2D eigenvalue weighted by molar-refractivity contribution is 5.93. The molecule has 4 heteroatoms. The molecular formula is C8H12O4. The Morgan fingerprint density at radius 1 is 1.58 bits per heavy atom. The van der Waals surface area contributed by atoms with Crippen molar-refractivity contribution in [2.75, 3.05) is 6.61 Å². The van der Waals surface area contributed by atoms with E-state index in [1.807, 2.05) is 0 Å². The zero-order chi connectivity index (χ0) is 9.72. The first-order valence-electron chi connectivity index (χ1n) is 3.59. The van der Waals surface area contributed by atoms with Crippen LogP contribution in [0.25, 0.3) is 0 Å². The highest BCUT2D eigenvalue weighted by atomic mass is 16.5. The summed E-state index contributed by atoms with van der Waals surface area (Å²) >= 11 is 0. The molecular weight excluding hydrogens is 160 g/mol. The summed E-state index contributed by atoms with van der Waals surface area (Å²) in [6.45, 7) is 6.62. The maximum atomic E-state index is 10.9. The summed E-state index contributed by atoms with van der Waals surface area (Å²) < 4.78 is 4.61. The second-order valence-electron chi connectivity index (χ2n) is 2.30. The summed E-state index contributed by atoms with van der Waals surface area (Å²) in [6.07, 6.45) is 0. The monoisotopic (exact) mass is 172 g/mol. The van der Waals surface area contributed by atoms with Gasteiger partial charge >= 0.3 is 11.9 Å². The van der Waals surface area contributed by atoms with Gasteiger partial charge in [-0.05, 0) is 13.8 Å². The Kier molecular flexibility index (Phi) is 4.04. The van der Waals surface area contributed by atoms with Gasteiger partial charge in [0.05, 0.1) is 12.5 Å². The van der Waals surface area contributed by atoms with Crippen molar-refractivity contribution in [3.8, 4) is 0 Å². The number of rotatable bonds is 4. The predicted molar refractivity (Wildman–Crippen MR) is 42.6 cm³/mol. The number of hydrogen-bond donors (Lipinski definition) is 1. The molecule has 68 valence electrons. The van der Waals surface area contributed by atoms with Crippen LogP contribution < -0.4 is 0 Å². The summed E-state index contributed by atoms with van der Waals surface area (Å²) in [5.41, 5.74) is -0.145. The van der Waals surface area contributed by atoms with E-state index in [1.165, 1.54) is 6.92 Å². The third kappa shape index (κ3) is 2.74. The first-order chi connectivity index (χ1) is 5.50. The van der Waals surface area contributed by atoms with Gasteiger partial charge in [0.2, 0.25) is 0 Å². The molecule has 0 aromatic carbocycles. The van der Waals surface area contributed by atoms with Crippen LogP contribution in [0.5, 0.6) is 0 Å². The minimum Gasteiger partial charge on any atom is -0.478 e. The standard InChI is InChI=1S/C8H12O4/c1-4-12-8(11)6(3)5(2)7(9)10/h6H,2,4H2,1,3H3,(H,9,10). The fourth-order valence-corrected chi connectivity index (χ4v) is 0.595. The number of hydrogen-bond acceptors (Lipinski definition) is 3. The number of aliphatic carboxylic acids is 1. The molecule has 0 saturated carbocycles. The van der Waals surface area contributed by atoms with Crippen molar-refractivity contribution in [3.05, 3.63) is 12.2 Å². The SMILES string of the molecule is C=C(C(=O)O)C(C)C(=O)OCC. The van der Waals surface area contributed by atoms with E-state index in [4.69, 9.17) is 5.11 Å². The highest BCUT2D eigenvalue weighted by Crippen LogP contribution is 2.09. The van der Waals surface area contributed by atoms with E-state index in [0.717, 1.165) is 0 Å². The molecule has 0 radical (unpaired) electrons. The molecule has 0 amide bonds. The molecule has 1 N–H and O–H groups in total. The van der Waals surface area contributed by atoms with Gasteiger partial charge in [-0.25, -0.2) is 4.79 Å². The first-order valence-corrected chi connectivity index (χ1v) is 3.59. The molecule has 0 fully saturated rings. The summed E-state index contributed by atoms with van der Waals surface area (Å²) in [5, 5.41) is 8.46. The second-order valence-corrected chi connectivity index (χ2v) is 2.30. The maximum absolute atomic E-state index is 10.9. The van der Waals surface area contributed by atoms with Crippen LogP contribution in [-0.2, 0) is 14.3 Å². The quantitative estimate of drug-likeness (QED) is 0.503. The lowest BCUT2D eigenvalue weighted by Crippen LogP contribution is -2.20. The average Bonchev–Trinajstić information content (AvgIpc) is 2.02. The molecule has 0 aromatic heterocycles. The Hall–Kier alpha value is -1.32. The Balaban J connectivity index is 4.19. The third-order valence-corrected chi connectivity index (χ3v) is 1.44. The van der Waals surface area contributed by atoms with Crippen molar-refractivity contribution in [1.82, 2.24) is 0 Å². The van der Waals surface area contributed by atoms with Crippen LogP contribution in [0.2, 0.25) is 0 Å². The zero-order valence-electron chi connectivity index (χ0n) is 7.16. The minimum atomic E-state index is -1.17. The normalized spacial score (nSPS) is 11.8. The number of carbonyl (C=O) groups is 2. The summed E-state index contributed by atoms with van der Waals surface area (Å²) in [5.74, 6) is -2.50. The van der Waals surface area contributed by atoms with Gasteiger partial charge in [-0.15, -0.1) is 0 Å². The van der Waals surface area contributed by atoms with Gasteiger partial charge in [-0.1, -0.05) is 6.58 Å². The van der Waals surface area contributed by atoms with E-state index in [0.29, 0.717) is 0 Å². The number of esters is 1. The number of carbonyl (C=O) groups excluding carboxylic acids is 1. The van der Waals surface area contributed by atoms with Gasteiger partial charge in [0.1, 0.15) is 0 Å². The lowest BCUT2D eigenvalue weighted by Gasteiger charge is -2.09. The highest BCUT2D eigenvalue weighted by Gasteiger charge is 2.21. The lowest BCUT2D eigenvalue weighted by atomic mass is 10.0. The number of carboxylic acid groups (broad SMARTS) is 1. The Labute approximate surface area is 70.8 Å². The minimum absolute atomic E-state index is 0.145. The van der Waals surface area contributed by atoms with Crippen LogP contribution in [0.1, 0.15) is 13.8 Å². The van der Waals surface area contributed by atoms with Crippen molar-refractivity contribution < 1.29 is 19.4 Å². The van der Waals surface area contributed by atoms with Crippen LogP contribution in [0.3, 0.4) is 0 Å². The van der Waals surface area contributed by atoms with Crippen LogP contribution in [-0.4, -0.2) is 23.7 Å². The zero-order valence-corrected chi connectivity index (χ0v) is 7.16. The molecule has 0 spiro atoms. The third-order valence-electron chi connectivity index (χ3n) is 1.44. The fourth-order valence-electron chi connectivity index (χ4n) is 0.595. The van der Waals surface area contributed by atoms with Gasteiger partial charge in [0.25, 0.3) is 0 Å². The smallest absolute Gasteiger partial charge is 0.331 e. The van der Waals surface area contributed by atoms with Crippen molar-refractivity contribution in [3.63, 3.8) is 0 Å². The largest absolute Gasteiger partial charge is 0.478 e. The number of ether oxygens (including phenoxy) is 1. The van der Waals surface area contributed by atoms with Crippen molar-refractivity contribution >= 4 is 11.9 Å². The molecule has 1 atom stereocenters. The van der Waals surface area contributed by atoms with Crippen LogP contribution in [0.4, 0.5) is 0 Å². The van der Waals surface area contributed by atoms with Crippen molar-refractivity contribution in [2.45, 2.75) is 13.8 Å². The maximum Gasteiger partial charge on any atom is 0.331 e. The van der Waals surface area contributed by atoms with E-state index in [2.05, 4.69) is 11.3 Å². The molecule has 0 aliphatic carbocycles. The molecule has 4 nitrogen and oxygen atoms in total. The van der Waals surface area contributed by atoms with Gasteiger partial charge in [0.15, 0.2) is 0 Å². The van der Waals surface area contributed by atoms with Gasteiger partial charge < -0.3 is 9.84 Å². The van der Waals surface area contributed by atoms with E-state index in [1.54, 1.807) is 6.92 Å². The van der Waals surface area contributed by atoms with E-state index >= 15 is 0 Å². The fraction of sp³-hybridized carbons (Fsp3) is 0.500. The van der Waals surface area contributed by atoms with Crippen LogP contribution in [0, 0.1) is 5.92 Å². The Morgan fingerprint density at radius 2 is 2.08 bits per heavy atom. The Bertz CT molecular complexity index is 207. The van der Waals surface area contributed by atoms with E-state index in [-0.39, 0.29) is 12.2 Å². The molecule has 12 heavy (non-hydrogen) atoms. The molecule has 0 aromatic rings. The predicted octanol–water partition coefficient (Wildman–Crippen LogP) is 0.826. The van der Waals surface area contributed by atoms with Crippen LogP contribution in [0.15, 0.2) is 12.2 Å². The molecule has 0 rings (SSSR count). The first kappa shape index (κ1) is 10.7. The second kappa shape index (κ2) is 4.54. The average molecular weight is 172 g/mol. The molecule has 0 bridgehead atoms.